The van der Waals surface area contributed by atoms with E-state index in [0.717, 1.165) is 35.4 Å². The lowest BCUT2D eigenvalue weighted by Gasteiger charge is -2.35. The van der Waals surface area contributed by atoms with Crippen LogP contribution in [-0.4, -0.2) is 51.5 Å². The maximum atomic E-state index is 12.3. The highest BCUT2D eigenvalue weighted by Crippen LogP contribution is 2.44. The van der Waals surface area contributed by atoms with E-state index in [1.165, 1.54) is 25.5 Å². The SMILES string of the molecule is COC(=O)CNC(=O)c1ccc(C2=N[C@@H]3CCCC[C@@H]3c3cc(OC)c(OC)cc32)cc1. The van der Waals surface area contributed by atoms with Crippen molar-refractivity contribution < 1.29 is 23.8 Å². The molecule has 2 atom stereocenters. The number of carbonyl (C=O) groups excluding carboxylic acids is 2. The molecular formula is C25H28N2O5. The lowest BCUT2D eigenvalue weighted by molar-refractivity contribution is -0.139. The van der Waals surface area contributed by atoms with Crippen LogP contribution in [0.5, 0.6) is 11.5 Å². The first-order chi connectivity index (χ1) is 15.5. The minimum atomic E-state index is -0.491. The average molecular weight is 437 g/mol. The number of hydrogen-bond acceptors (Lipinski definition) is 6. The number of aliphatic imine (C=N–C) groups is 1. The standard InChI is InChI=1S/C25H28N2O5/c1-30-21-12-18-17-6-4-5-7-20(17)27-24(19(18)13-22(21)31-2)15-8-10-16(11-9-15)25(29)26-14-23(28)32-3/h8-13,17,20H,4-7,14H2,1-3H3,(H,26,29)/t17-,20-/m1/s1. The van der Waals surface area contributed by atoms with E-state index in [-0.39, 0.29) is 18.5 Å². The van der Waals surface area contributed by atoms with E-state index in [9.17, 15) is 9.59 Å². The molecule has 32 heavy (non-hydrogen) atoms. The molecule has 2 aromatic rings. The van der Waals surface area contributed by atoms with Gasteiger partial charge in [-0.2, -0.15) is 0 Å². The van der Waals surface area contributed by atoms with Gasteiger partial charge in [0.2, 0.25) is 0 Å². The van der Waals surface area contributed by atoms with Crippen molar-refractivity contribution in [2.24, 2.45) is 4.99 Å². The fourth-order valence-electron chi connectivity index (χ4n) is 4.61. The van der Waals surface area contributed by atoms with Crippen molar-refractivity contribution in [1.29, 1.82) is 0 Å². The second-order valence-corrected chi connectivity index (χ2v) is 8.07. The van der Waals surface area contributed by atoms with E-state index >= 15 is 0 Å². The molecule has 7 nitrogen and oxygen atoms in total. The van der Waals surface area contributed by atoms with Gasteiger partial charge in [-0.1, -0.05) is 25.0 Å². The van der Waals surface area contributed by atoms with Crippen molar-refractivity contribution in [2.45, 2.75) is 37.6 Å². The Morgan fingerprint density at radius 1 is 1.00 bits per heavy atom. The zero-order chi connectivity index (χ0) is 22.7. The number of esters is 1. The minimum Gasteiger partial charge on any atom is -0.493 e. The summed E-state index contributed by atoms with van der Waals surface area (Å²) in [5.74, 6) is 0.966. The quantitative estimate of drug-likeness (QED) is 0.701. The number of fused-ring (bicyclic) bond motifs is 3. The van der Waals surface area contributed by atoms with Crippen molar-refractivity contribution in [1.82, 2.24) is 5.32 Å². The third-order valence-corrected chi connectivity index (χ3v) is 6.28. The van der Waals surface area contributed by atoms with E-state index in [1.807, 2.05) is 18.2 Å². The molecule has 4 rings (SSSR count). The molecule has 1 saturated carbocycles. The van der Waals surface area contributed by atoms with Crippen molar-refractivity contribution in [3.63, 3.8) is 0 Å². The van der Waals surface area contributed by atoms with Crippen molar-refractivity contribution in [3.05, 3.63) is 58.7 Å². The molecule has 0 unspecified atom stereocenters. The Balaban J connectivity index is 1.68. The fourth-order valence-corrected chi connectivity index (χ4v) is 4.61. The number of benzene rings is 2. The molecule has 2 aliphatic rings. The number of methoxy groups -OCH3 is 3. The normalized spacial score (nSPS) is 19.2. The van der Waals surface area contributed by atoms with Crippen LogP contribution in [0.15, 0.2) is 41.4 Å². The molecule has 1 aliphatic carbocycles. The van der Waals surface area contributed by atoms with E-state index in [0.29, 0.717) is 17.2 Å². The summed E-state index contributed by atoms with van der Waals surface area (Å²) in [7, 11) is 4.58. The zero-order valence-corrected chi connectivity index (χ0v) is 18.6. The Bertz CT molecular complexity index is 1050. The molecule has 0 spiro atoms. The van der Waals surface area contributed by atoms with E-state index < -0.39 is 5.97 Å². The largest absolute Gasteiger partial charge is 0.493 e. The predicted molar refractivity (Wildman–Crippen MR) is 121 cm³/mol. The van der Waals surface area contributed by atoms with Crippen LogP contribution in [0.4, 0.5) is 0 Å². The molecule has 0 aromatic heterocycles. The van der Waals surface area contributed by atoms with Crippen LogP contribution < -0.4 is 14.8 Å². The molecule has 2 aromatic carbocycles. The van der Waals surface area contributed by atoms with E-state index in [2.05, 4.69) is 16.1 Å². The van der Waals surface area contributed by atoms with Crippen LogP contribution in [0.2, 0.25) is 0 Å². The van der Waals surface area contributed by atoms with E-state index in [4.69, 9.17) is 14.5 Å². The summed E-state index contributed by atoms with van der Waals surface area (Å²) in [5, 5.41) is 2.56. The van der Waals surface area contributed by atoms with Crippen LogP contribution in [0.1, 0.15) is 58.6 Å². The zero-order valence-electron chi connectivity index (χ0n) is 18.6. The molecule has 0 saturated heterocycles. The van der Waals surface area contributed by atoms with Crippen LogP contribution >= 0.6 is 0 Å². The lowest BCUT2D eigenvalue weighted by Crippen LogP contribution is -2.30. The Kier molecular flexibility index (Phi) is 6.44. The van der Waals surface area contributed by atoms with Gasteiger partial charge in [-0.15, -0.1) is 0 Å². The van der Waals surface area contributed by atoms with Crippen molar-refractivity contribution in [2.75, 3.05) is 27.9 Å². The Hall–Kier alpha value is -3.35. The van der Waals surface area contributed by atoms with Crippen LogP contribution in [0, 0.1) is 0 Å². The first-order valence-corrected chi connectivity index (χ1v) is 10.8. The maximum Gasteiger partial charge on any atom is 0.325 e. The van der Waals surface area contributed by atoms with Gasteiger partial charge in [0.05, 0.1) is 33.1 Å². The van der Waals surface area contributed by atoms with Gasteiger partial charge in [0.1, 0.15) is 6.54 Å². The Morgan fingerprint density at radius 3 is 2.38 bits per heavy atom. The molecule has 1 fully saturated rings. The number of carbonyl (C=O) groups is 2. The monoisotopic (exact) mass is 436 g/mol. The summed E-state index contributed by atoms with van der Waals surface area (Å²) in [6.07, 6.45) is 4.56. The summed E-state index contributed by atoms with van der Waals surface area (Å²) in [6.45, 7) is -0.165. The van der Waals surface area contributed by atoms with Crippen molar-refractivity contribution in [3.8, 4) is 11.5 Å². The molecule has 0 radical (unpaired) electrons. The smallest absolute Gasteiger partial charge is 0.325 e. The van der Waals surface area contributed by atoms with Crippen molar-refractivity contribution >= 4 is 17.6 Å². The summed E-state index contributed by atoms with van der Waals surface area (Å²) < 4.78 is 15.7. The second kappa shape index (κ2) is 9.42. The molecule has 1 amide bonds. The fraction of sp³-hybridized carbons (Fsp3) is 0.400. The number of amides is 1. The van der Waals surface area contributed by atoms with Gasteiger partial charge < -0.3 is 19.5 Å². The molecule has 0 bridgehead atoms. The highest BCUT2D eigenvalue weighted by molar-refractivity contribution is 6.15. The molecule has 1 aliphatic heterocycles. The summed E-state index contributed by atoms with van der Waals surface area (Å²) in [5.41, 5.74) is 4.61. The third-order valence-electron chi connectivity index (χ3n) is 6.28. The first-order valence-electron chi connectivity index (χ1n) is 10.8. The van der Waals surface area contributed by atoms with Gasteiger partial charge in [-0.3, -0.25) is 14.6 Å². The van der Waals surface area contributed by atoms with Crippen LogP contribution in [0.25, 0.3) is 0 Å². The minimum absolute atomic E-state index is 0.165. The molecule has 7 heteroatoms. The first kappa shape index (κ1) is 21.9. The molecule has 168 valence electrons. The van der Waals surface area contributed by atoms with Gasteiger partial charge in [0, 0.05) is 22.6 Å². The second-order valence-electron chi connectivity index (χ2n) is 8.07. The van der Waals surface area contributed by atoms with Crippen LogP contribution in [0.3, 0.4) is 0 Å². The number of rotatable bonds is 6. The van der Waals surface area contributed by atoms with Crippen LogP contribution in [-0.2, 0) is 9.53 Å². The molecular weight excluding hydrogens is 408 g/mol. The molecule has 1 N–H and O–H groups in total. The predicted octanol–water partition coefficient (Wildman–Crippen LogP) is 3.48. The van der Waals surface area contributed by atoms with Gasteiger partial charge >= 0.3 is 5.97 Å². The number of ether oxygens (including phenoxy) is 3. The summed E-state index contributed by atoms with van der Waals surface area (Å²) in [6, 6.07) is 11.6. The van der Waals surface area contributed by atoms with Gasteiger partial charge in [0.15, 0.2) is 11.5 Å². The maximum absolute atomic E-state index is 12.3. The average Bonchev–Trinajstić information content (AvgIpc) is 2.85. The highest BCUT2D eigenvalue weighted by Gasteiger charge is 2.34. The van der Waals surface area contributed by atoms with E-state index in [1.54, 1.807) is 26.4 Å². The lowest BCUT2D eigenvalue weighted by atomic mass is 9.75. The van der Waals surface area contributed by atoms with Gasteiger partial charge in [-0.25, -0.2) is 0 Å². The third kappa shape index (κ3) is 4.20. The molecule has 1 heterocycles. The highest BCUT2D eigenvalue weighted by atomic mass is 16.5. The summed E-state index contributed by atoms with van der Waals surface area (Å²) in [4.78, 5) is 28.7. The number of nitrogens with one attached hydrogen (secondary N) is 1. The summed E-state index contributed by atoms with van der Waals surface area (Å²) >= 11 is 0. The Morgan fingerprint density at radius 2 is 1.69 bits per heavy atom. The van der Waals surface area contributed by atoms with Gasteiger partial charge in [-0.05, 0) is 42.7 Å². The van der Waals surface area contributed by atoms with Gasteiger partial charge in [0.25, 0.3) is 5.91 Å². The number of hydrogen-bond donors (Lipinski definition) is 1. The topological polar surface area (TPSA) is 86.2 Å². The number of nitrogens with zero attached hydrogens (tertiary/aromatic N) is 1. The Labute approximate surface area is 187 Å².